The average Bonchev–Trinajstić information content (AvgIpc) is 2.98. The summed E-state index contributed by atoms with van der Waals surface area (Å²) in [6.45, 7) is 20.7. The van der Waals surface area contributed by atoms with E-state index in [9.17, 15) is 8.78 Å². The Balaban J connectivity index is 0.00000201. The van der Waals surface area contributed by atoms with E-state index < -0.39 is 5.92 Å². The molecule has 0 spiro atoms. The number of aliphatic imine (C=N–C) groups is 1. The first kappa shape index (κ1) is 35.5. The molecule has 0 aliphatic carbocycles. The van der Waals surface area contributed by atoms with Crippen molar-refractivity contribution >= 4 is 5.71 Å². The topological polar surface area (TPSA) is 27.6 Å². The molecule has 2 aromatic carbocycles. The molecule has 0 saturated carbocycles. The number of nitrogens with zero attached hydrogens (tertiary/aromatic N) is 2. The maximum Gasteiger partial charge on any atom is 0.270 e. The van der Waals surface area contributed by atoms with Crippen molar-refractivity contribution in [3.8, 4) is 12.8 Å². The van der Waals surface area contributed by atoms with Crippen LogP contribution in [0.2, 0.25) is 0 Å². The first-order chi connectivity index (χ1) is 19.6. The molecule has 5 heteroatoms. The summed E-state index contributed by atoms with van der Waals surface area (Å²) in [5, 5.41) is 3.62. The van der Waals surface area contributed by atoms with E-state index in [4.69, 9.17) is 4.99 Å². The third-order valence-electron chi connectivity index (χ3n) is 7.16. The number of hydrogen-bond acceptors (Lipinski definition) is 3. The van der Waals surface area contributed by atoms with Crippen molar-refractivity contribution in [3.05, 3.63) is 106 Å². The average molecular weight is 562 g/mol. The number of halogens is 2. The van der Waals surface area contributed by atoms with Gasteiger partial charge in [-0.25, -0.2) is 8.78 Å². The van der Waals surface area contributed by atoms with Gasteiger partial charge in [-0.15, -0.1) is 12.8 Å². The molecule has 1 N–H and O–H groups in total. The third kappa shape index (κ3) is 11.9. The number of likely N-dealkylation sites (tertiary alicyclic amines) is 1. The highest BCUT2D eigenvalue weighted by molar-refractivity contribution is 6.10. The van der Waals surface area contributed by atoms with Gasteiger partial charge in [0.05, 0.1) is 5.71 Å². The van der Waals surface area contributed by atoms with Crippen LogP contribution in [0.25, 0.3) is 0 Å². The number of rotatable bonds is 10. The van der Waals surface area contributed by atoms with Crippen molar-refractivity contribution in [2.75, 3.05) is 19.6 Å². The molecule has 1 heterocycles. The fourth-order valence-corrected chi connectivity index (χ4v) is 4.56. The van der Waals surface area contributed by atoms with Gasteiger partial charge in [0, 0.05) is 42.5 Å². The predicted octanol–water partition coefficient (Wildman–Crippen LogP) is 9.06. The van der Waals surface area contributed by atoms with Crippen LogP contribution in [0.4, 0.5) is 8.78 Å². The summed E-state index contributed by atoms with van der Waals surface area (Å²) in [4.78, 5) is 7.31. The summed E-state index contributed by atoms with van der Waals surface area (Å²) in [5.74, 6) is -2.22. The second kappa shape index (κ2) is 18.0. The monoisotopic (exact) mass is 561 g/mol. The van der Waals surface area contributed by atoms with E-state index in [1.54, 1.807) is 12.1 Å². The fraction of sp³-hybridized carbons (Fsp3) is 0.417. The predicted molar refractivity (Wildman–Crippen MR) is 173 cm³/mol. The zero-order valence-corrected chi connectivity index (χ0v) is 26.1. The van der Waals surface area contributed by atoms with Crippen LogP contribution in [0, 0.1) is 25.7 Å². The third-order valence-corrected chi connectivity index (χ3v) is 7.16. The zero-order valence-electron chi connectivity index (χ0n) is 26.1. The van der Waals surface area contributed by atoms with Crippen LogP contribution >= 0.6 is 0 Å². The molecule has 41 heavy (non-hydrogen) atoms. The van der Waals surface area contributed by atoms with Crippen LogP contribution < -0.4 is 5.32 Å². The molecule has 0 bridgehead atoms. The van der Waals surface area contributed by atoms with Crippen molar-refractivity contribution < 1.29 is 8.78 Å². The molecular formula is C36H49F2N3. The molecule has 1 fully saturated rings. The molecule has 222 valence electrons. The molecule has 1 saturated heterocycles. The van der Waals surface area contributed by atoms with E-state index in [1.165, 1.54) is 11.6 Å². The van der Waals surface area contributed by atoms with Gasteiger partial charge in [-0.1, -0.05) is 69.0 Å². The Morgan fingerprint density at radius 2 is 1.71 bits per heavy atom. The van der Waals surface area contributed by atoms with Gasteiger partial charge >= 0.3 is 0 Å². The van der Waals surface area contributed by atoms with Crippen LogP contribution in [0.15, 0.2) is 89.2 Å². The normalized spacial score (nSPS) is 15.5. The lowest BCUT2D eigenvalue weighted by molar-refractivity contribution is 0.0173. The largest absolute Gasteiger partial charge is 0.388 e. The Bertz CT molecular complexity index is 1210. The van der Waals surface area contributed by atoms with Crippen molar-refractivity contribution in [2.24, 2.45) is 10.9 Å². The quantitative estimate of drug-likeness (QED) is 0.178. The Labute approximate surface area is 248 Å². The minimum Gasteiger partial charge on any atom is -0.388 e. The van der Waals surface area contributed by atoms with Crippen molar-refractivity contribution in [1.29, 1.82) is 0 Å². The molecule has 1 aliphatic heterocycles. The first-order valence-corrected chi connectivity index (χ1v) is 14.5. The minimum absolute atomic E-state index is 0.0882. The van der Waals surface area contributed by atoms with E-state index >= 15 is 0 Å². The van der Waals surface area contributed by atoms with E-state index in [-0.39, 0.29) is 5.56 Å². The number of alkyl halides is 2. The van der Waals surface area contributed by atoms with E-state index in [0.29, 0.717) is 5.92 Å². The highest BCUT2D eigenvalue weighted by Gasteiger charge is 2.25. The molecule has 0 aromatic heterocycles. The van der Waals surface area contributed by atoms with E-state index in [1.807, 2.05) is 52.0 Å². The van der Waals surface area contributed by atoms with Crippen molar-refractivity contribution in [2.45, 2.75) is 73.8 Å². The summed E-state index contributed by atoms with van der Waals surface area (Å²) < 4.78 is 27.4. The number of hydrogen-bond donors (Lipinski definition) is 1. The number of piperidine rings is 1. The Morgan fingerprint density at radius 3 is 2.29 bits per heavy atom. The number of benzene rings is 2. The molecular weight excluding hydrogens is 512 g/mol. The lowest BCUT2D eigenvalue weighted by Crippen LogP contribution is -2.36. The number of aryl methyl sites for hydroxylation is 1. The molecule has 0 unspecified atom stereocenters. The van der Waals surface area contributed by atoms with Crippen molar-refractivity contribution in [1.82, 2.24) is 10.2 Å². The van der Waals surface area contributed by atoms with Crippen LogP contribution in [0.5, 0.6) is 0 Å². The highest BCUT2D eigenvalue weighted by Crippen LogP contribution is 2.28. The van der Waals surface area contributed by atoms with Gasteiger partial charge in [0.25, 0.3) is 5.92 Å². The fourth-order valence-electron chi connectivity index (χ4n) is 4.56. The molecule has 0 radical (unpaired) electrons. The zero-order chi connectivity index (χ0) is 31.0. The second-order valence-electron chi connectivity index (χ2n) is 10.3. The van der Waals surface area contributed by atoms with E-state index in [0.717, 1.165) is 79.8 Å². The number of allylic oxidation sites excluding steroid dienone is 5. The minimum atomic E-state index is -2.80. The van der Waals surface area contributed by atoms with Gasteiger partial charge in [0.2, 0.25) is 0 Å². The lowest BCUT2D eigenvalue weighted by Gasteiger charge is -2.32. The van der Waals surface area contributed by atoms with Crippen molar-refractivity contribution in [3.63, 3.8) is 0 Å². The number of terminal acetylenes is 1. The summed E-state index contributed by atoms with van der Waals surface area (Å²) >= 11 is 0. The molecule has 2 aromatic rings. The van der Waals surface area contributed by atoms with Gasteiger partial charge in [0.1, 0.15) is 0 Å². The van der Waals surface area contributed by atoms with Crippen LogP contribution in [0.1, 0.15) is 76.6 Å². The Morgan fingerprint density at radius 1 is 1.07 bits per heavy atom. The second-order valence-corrected chi connectivity index (χ2v) is 10.3. The summed E-state index contributed by atoms with van der Waals surface area (Å²) in [5.41, 5.74) is 7.40. The summed E-state index contributed by atoms with van der Waals surface area (Å²) in [6.07, 6.45) is 14.1. The van der Waals surface area contributed by atoms with Gasteiger partial charge in [0.15, 0.2) is 0 Å². The van der Waals surface area contributed by atoms with Crippen LogP contribution in [0.3, 0.4) is 0 Å². The molecule has 3 nitrogen and oxygen atoms in total. The molecule has 3 rings (SSSR count). The highest BCUT2D eigenvalue weighted by atomic mass is 19.3. The molecule has 0 amide bonds. The first-order valence-electron chi connectivity index (χ1n) is 14.5. The van der Waals surface area contributed by atoms with Gasteiger partial charge < -0.3 is 5.32 Å². The van der Waals surface area contributed by atoms with E-state index in [2.05, 4.69) is 61.7 Å². The van der Waals surface area contributed by atoms with Gasteiger partial charge in [-0.05, 0) is 88.4 Å². The Kier molecular flexibility index (Phi) is 15.6. The Hall–Kier alpha value is -3.49. The molecule has 1 aliphatic rings. The number of nitrogens with one attached hydrogen (secondary N) is 1. The van der Waals surface area contributed by atoms with Gasteiger partial charge in [-0.3, -0.25) is 9.89 Å². The summed E-state index contributed by atoms with van der Waals surface area (Å²) in [7, 11) is 0. The van der Waals surface area contributed by atoms with Crippen LogP contribution in [-0.4, -0.2) is 30.2 Å². The molecule has 0 atom stereocenters. The van der Waals surface area contributed by atoms with Crippen LogP contribution in [-0.2, 0) is 12.5 Å². The lowest BCUT2D eigenvalue weighted by atomic mass is 9.96. The summed E-state index contributed by atoms with van der Waals surface area (Å²) in [6, 6.07) is 15.1. The maximum absolute atomic E-state index is 13.7. The standard InChI is InChI=1S/C32H41F2N3.C2H6.C2H2/c1-7-23(2)26(5)36-31(30-14-9-8-11-24(30)3)19-25(4)35-21-27-15-17-37(18-16-27)22-28-12-10-13-29(20-28)32(6,33)34;2*1-2/h7-14,19-20,27,35H,1,15-18,21-22H2,2-6H3;1-2H3;1-2H/b25-19+,26-23+,36-31+;;. The van der Waals surface area contributed by atoms with Gasteiger partial charge in [-0.2, -0.15) is 0 Å². The maximum atomic E-state index is 13.7. The SMILES string of the molecule is C#C.C=C/C(C)=C(C)/N=C(\C=C(/C)NCC1CCN(Cc2cccc(C(C)(F)F)c2)CC1)c1ccccc1C.CC. The smallest absolute Gasteiger partial charge is 0.270 e.